The zero-order valence-corrected chi connectivity index (χ0v) is 16.9. The summed E-state index contributed by atoms with van der Waals surface area (Å²) in [5.41, 5.74) is 0.448. The first-order valence-corrected chi connectivity index (χ1v) is 9.18. The maximum Gasteiger partial charge on any atom is 0.339 e. The second kappa shape index (κ2) is 7.80. The smallest absolute Gasteiger partial charge is 0.339 e. The predicted octanol–water partition coefficient (Wildman–Crippen LogP) is 4.50. The number of fused-ring (bicyclic) bond motifs is 1. The zero-order valence-electron chi connectivity index (χ0n) is 13.8. The van der Waals surface area contributed by atoms with E-state index in [0.717, 1.165) is 0 Å². The lowest BCUT2D eigenvalue weighted by molar-refractivity contribution is -0.580. The van der Waals surface area contributed by atoms with Gasteiger partial charge in [-0.3, -0.25) is 4.79 Å². The van der Waals surface area contributed by atoms with E-state index in [1.165, 1.54) is 19.1 Å². The fourth-order valence-electron chi connectivity index (χ4n) is 2.50. The minimum atomic E-state index is -0.620. The molecule has 0 fully saturated rings. The molecule has 0 unspecified atom stereocenters. The first kappa shape index (κ1) is 19.5. The summed E-state index contributed by atoms with van der Waals surface area (Å²) in [6, 6.07) is 9.48. The quantitative estimate of drug-likeness (QED) is 0.243. The monoisotopic (exact) mass is 468 g/mol. The Morgan fingerprint density at radius 3 is 2.56 bits per heavy atom. The number of ether oxygens (including phenoxy) is 1. The number of esters is 1. The number of aromatic nitrogens is 2. The normalized spacial score (nSPS) is 10.8. The molecule has 0 aliphatic carbocycles. The van der Waals surface area contributed by atoms with Gasteiger partial charge in [0.1, 0.15) is 12.1 Å². The van der Waals surface area contributed by atoms with Gasteiger partial charge >= 0.3 is 5.97 Å². The molecule has 1 heterocycles. The number of Topliss-reactive ketones (excluding diaryl/α,β-unsaturated/α-hetero) is 1. The highest BCUT2D eigenvalue weighted by molar-refractivity contribution is 9.10. The van der Waals surface area contributed by atoms with Gasteiger partial charge in [0.05, 0.1) is 15.6 Å². The largest absolute Gasteiger partial charge is 0.618 e. The minimum Gasteiger partial charge on any atom is -0.618 e. The zero-order chi connectivity index (χ0) is 19.7. The predicted molar refractivity (Wildman–Crippen MR) is 104 cm³/mol. The number of hydrogen-bond acceptors (Lipinski definition) is 5. The Kier molecular flexibility index (Phi) is 5.64. The van der Waals surface area contributed by atoms with Gasteiger partial charge in [-0.25, -0.2) is 9.78 Å². The molecule has 1 aromatic heterocycles. The lowest BCUT2D eigenvalue weighted by atomic mass is 10.2. The van der Waals surface area contributed by atoms with Gasteiger partial charge in [-0.15, -0.1) is 0 Å². The van der Waals surface area contributed by atoms with Crippen LogP contribution in [0.5, 0.6) is 0 Å². The molecule has 0 atom stereocenters. The third kappa shape index (κ3) is 3.90. The molecule has 3 aromatic rings. The van der Waals surface area contributed by atoms with Crippen LogP contribution in [0.3, 0.4) is 0 Å². The summed E-state index contributed by atoms with van der Waals surface area (Å²) in [4.78, 5) is 28.5. The standard InChI is InChI=1S/C18H11BrCl2N2O4/c1-9(24)17-15(8-27-18(25)10-4-2-3-5-11(10)19)22-14-6-12(20)13(21)7-16(14)23(17)26/h2-7H,8H2,1H3. The number of carbonyl (C=O) groups excluding carboxylic acids is 2. The maximum atomic E-state index is 12.6. The van der Waals surface area contributed by atoms with Crippen molar-refractivity contribution < 1.29 is 19.1 Å². The van der Waals surface area contributed by atoms with Crippen LogP contribution in [0.4, 0.5) is 0 Å². The summed E-state index contributed by atoms with van der Waals surface area (Å²) < 4.78 is 6.24. The van der Waals surface area contributed by atoms with E-state index in [0.29, 0.717) is 14.8 Å². The Morgan fingerprint density at radius 2 is 1.89 bits per heavy atom. The minimum absolute atomic E-state index is 0.0313. The molecule has 138 valence electrons. The summed E-state index contributed by atoms with van der Waals surface area (Å²) in [6.45, 7) is 0.876. The van der Waals surface area contributed by atoms with E-state index in [-0.39, 0.29) is 39.1 Å². The molecule has 0 radical (unpaired) electrons. The fraction of sp³-hybridized carbons (Fsp3) is 0.111. The van der Waals surface area contributed by atoms with E-state index in [4.69, 9.17) is 27.9 Å². The summed E-state index contributed by atoms with van der Waals surface area (Å²) >= 11 is 15.2. The first-order chi connectivity index (χ1) is 12.8. The number of benzene rings is 2. The average Bonchev–Trinajstić information content (AvgIpc) is 2.61. The highest BCUT2D eigenvalue weighted by Gasteiger charge is 2.25. The lowest BCUT2D eigenvalue weighted by Gasteiger charge is -2.11. The van der Waals surface area contributed by atoms with Crippen LogP contribution in [0.2, 0.25) is 10.0 Å². The Bertz CT molecular complexity index is 1090. The molecule has 6 nitrogen and oxygen atoms in total. The van der Waals surface area contributed by atoms with Crippen LogP contribution >= 0.6 is 39.1 Å². The van der Waals surface area contributed by atoms with Crippen molar-refractivity contribution in [2.45, 2.75) is 13.5 Å². The molecule has 0 saturated carbocycles. The molecule has 0 amide bonds. The number of nitrogens with zero attached hydrogens (tertiary/aromatic N) is 2. The Morgan fingerprint density at radius 1 is 1.22 bits per heavy atom. The van der Waals surface area contributed by atoms with Crippen LogP contribution in [0.15, 0.2) is 40.9 Å². The van der Waals surface area contributed by atoms with Crippen LogP contribution in [-0.2, 0) is 11.3 Å². The van der Waals surface area contributed by atoms with Crippen molar-refractivity contribution in [1.82, 2.24) is 4.98 Å². The topological polar surface area (TPSA) is 83.2 Å². The fourth-order valence-corrected chi connectivity index (χ4v) is 3.26. The molecule has 2 aromatic carbocycles. The van der Waals surface area contributed by atoms with Gasteiger partial charge in [0, 0.05) is 17.5 Å². The van der Waals surface area contributed by atoms with Crippen LogP contribution in [-0.4, -0.2) is 16.7 Å². The van der Waals surface area contributed by atoms with E-state index in [9.17, 15) is 14.8 Å². The van der Waals surface area contributed by atoms with Gasteiger partial charge in [-0.1, -0.05) is 35.3 Å². The molecule has 9 heteroatoms. The van der Waals surface area contributed by atoms with Gasteiger partial charge < -0.3 is 9.94 Å². The van der Waals surface area contributed by atoms with Gasteiger partial charge in [-0.2, -0.15) is 4.73 Å². The number of carbonyl (C=O) groups is 2. The van der Waals surface area contributed by atoms with Crippen molar-refractivity contribution in [2.24, 2.45) is 0 Å². The second-order valence-electron chi connectivity index (χ2n) is 5.57. The number of halogens is 3. The third-order valence-corrected chi connectivity index (χ3v) is 5.15. The van der Waals surface area contributed by atoms with Crippen LogP contribution in [0, 0.1) is 5.21 Å². The first-order valence-electron chi connectivity index (χ1n) is 7.63. The highest BCUT2D eigenvalue weighted by Crippen LogP contribution is 2.26. The van der Waals surface area contributed by atoms with Crippen molar-refractivity contribution in [3.05, 3.63) is 73.1 Å². The van der Waals surface area contributed by atoms with Crippen molar-refractivity contribution >= 4 is 61.9 Å². The molecule has 0 aliphatic heterocycles. The van der Waals surface area contributed by atoms with Gasteiger partial charge in [0.25, 0.3) is 5.69 Å². The van der Waals surface area contributed by atoms with E-state index in [1.54, 1.807) is 24.3 Å². The molecule has 3 rings (SSSR count). The third-order valence-electron chi connectivity index (χ3n) is 3.74. The van der Waals surface area contributed by atoms with Crippen LogP contribution < -0.4 is 4.73 Å². The Labute approximate surface area is 172 Å². The van der Waals surface area contributed by atoms with Crippen molar-refractivity contribution in [3.63, 3.8) is 0 Å². The molecule has 0 aliphatic rings. The summed E-state index contributed by atoms with van der Waals surface area (Å²) in [6.07, 6.45) is 0. The van der Waals surface area contributed by atoms with Gasteiger partial charge in [0.15, 0.2) is 5.69 Å². The molecular formula is C18H11BrCl2N2O4. The molecule has 0 bridgehead atoms. The van der Waals surface area contributed by atoms with Crippen molar-refractivity contribution in [2.75, 3.05) is 0 Å². The second-order valence-corrected chi connectivity index (χ2v) is 7.24. The Hall–Kier alpha value is -2.22. The maximum absolute atomic E-state index is 12.6. The Balaban J connectivity index is 2.01. The SMILES string of the molecule is CC(=O)c1c(COC(=O)c2ccccc2Br)nc2cc(Cl)c(Cl)cc2[n+]1[O-]. The van der Waals surface area contributed by atoms with Crippen molar-refractivity contribution in [1.29, 1.82) is 0 Å². The molecular weight excluding hydrogens is 459 g/mol. The molecule has 0 N–H and O–H groups in total. The van der Waals surface area contributed by atoms with E-state index in [1.807, 2.05) is 0 Å². The van der Waals surface area contributed by atoms with E-state index in [2.05, 4.69) is 20.9 Å². The summed E-state index contributed by atoms with van der Waals surface area (Å²) in [7, 11) is 0. The average molecular weight is 470 g/mol. The molecule has 0 saturated heterocycles. The van der Waals surface area contributed by atoms with Crippen LogP contribution in [0.25, 0.3) is 11.0 Å². The molecule has 0 spiro atoms. The number of rotatable bonds is 4. The van der Waals surface area contributed by atoms with Gasteiger partial charge in [-0.05, 0) is 34.1 Å². The lowest BCUT2D eigenvalue weighted by Crippen LogP contribution is -2.37. The highest BCUT2D eigenvalue weighted by atomic mass is 79.9. The summed E-state index contributed by atoms with van der Waals surface area (Å²) in [5.74, 6) is -1.14. The number of ketones is 1. The number of hydrogen-bond donors (Lipinski definition) is 0. The van der Waals surface area contributed by atoms with Crippen LogP contribution in [0.1, 0.15) is 33.5 Å². The van der Waals surface area contributed by atoms with E-state index < -0.39 is 11.8 Å². The van der Waals surface area contributed by atoms with Gasteiger partial charge in [0.2, 0.25) is 11.3 Å². The summed E-state index contributed by atoms with van der Waals surface area (Å²) in [5, 5.41) is 13.0. The molecule has 27 heavy (non-hydrogen) atoms. The van der Waals surface area contributed by atoms with Crippen molar-refractivity contribution in [3.8, 4) is 0 Å². The van der Waals surface area contributed by atoms with E-state index >= 15 is 0 Å².